The second-order valence-corrected chi connectivity index (χ2v) is 9.56. The fraction of sp³-hybridized carbons (Fsp3) is 0.417. The molecule has 7 nitrogen and oxygen atoms in total. The number of rotatable bonds is 4. The van der Waals surface area contributed by atoms with Crippen LogP contribution in [0.15, 0.2) is 36.5 Å². The number of phenolic OH excluding ortho intramolecular Hbond substituents is 1. The van der Waals surface area contributed by atoms with Crippen LogP contribution in [-0.4, -0.2) is 50.7 Å². The molecule has 2 aromatic rings. The summed E-state index contributed by atoms with van der Waals surface area (Å²) in [5.74, 6) is 0.266. The lowest BCUT2D eigenvalue weighted by molar-refractivity contribution is 0.114. The van der Waals surface area contributed by atoms with Crippen molar-refractivity contribution in [1.82, 2.24) is 15.2 Å². The molecule has 1 aliphatic rings. The molecule has 3 rings (SSSR count). The van der Waals surface area contributed by atoms with Gasteiger partial charge in [-0.25, -0.2) is 4.98 Å². The number of nitrogens with zero attached hydrogens (tertiary/aromatic N) is 3. The lowest BCUT2D eigenvalue weighted by atomic mass is 9.79. The van der Waals surface area contributed by atoms with Crippen molar-refractivity contribution in [3.8, 4) is 11.8 Å². The molecule has 0 spiro atoms. The molecule has 0 atom stereocenters. The zero-order chi connectivity index (χ0) is 23.0. The Morgan fingerprint density at radius 1 is 1.23 bits per heavy atom. The van der Waals surface area contributed by atoms with Crippen LogP contribution < -0.4 is 5.32 Å². The minimum atomic E-state index is -0.0426. The highest BCUT2D eigenvalue weighted by molar-refractivity contribution is 6.13. The summed E-state index contributed by atoms with van der Waals surface area (Å²) in [6.45, 7) is 8.71. The van der Waals surface area contributed by atoms with E-state index < -0.39 is 0 Å². The van der Waals surface area contributed by atoms with E-state index in [2.05, 4.69) is 38.0 Å². The maximum absolute atomic E-state index is 10.4. The van der Waals surface area contributed by atoms with Crippen LogP contribution in [0.4, 0.5) is 0 Å². The molecule has 1 aromatic heterocycles. The molecule has 4 N–H and O–H groups in total. The number of allylic oxidation sites excluding steroid dienone is 1. The van der Waals surface area contributed by atoms with E-state index in [4.69, 9.17) is 10.8 Å². The van der Waals surface area contributed by atoms with Gasteiger partial charge in [-0.15, -0.1) is 0 Å². The summed E-state index contributed by atoms with van der Waals surface area (Å²) in [6.07, 6.45) is 6.44. The Morgan fingerprint density at radius 2 is 1.87 bits per heavy atom. The Bertz CT molecular complexity index is 1090. The smallest absolute Gasteiger partial charge is 0.148 e. The maximum Gasteiger partial charge on any atom is 0.148 e. The van der Waals surface area contributed by atoms with Crippen molar-refractivity contribution in [2.75, 3.05) is 7.05 Å². The Balaban J connectivity index is 1.80. The van der Waals surface area contributed by atoms with E-state index in [1.807, 2.05) is 18.0 Å². The molecule has 1 fully saturated rings. The Hall–Kier alpha value is -3.24. The number of benzene rings is 1. The third kappa shape index (κ3) is 4.92. The van der Waals surface area contributed by atoms with Crippen LogP contribution in [0.2, 0.25) is 0 Å². The summed E-state index contributed by atoms with van der Waals surface area (Å²) in [6, 6.07) is 7.10. The largest absolute Gasteiger partial charge is 0.507 e. The predicted molar refractivity (Wildman–Crippen MR) is 124 cm³/mol. The van der Waals surface area contributed by atoms with E-state index in [1.54, 1.807) is 18.2 Å². The van der Waals surface area contributed by atoms with Gasteiger partial charge in [-0.3, -0.25) is 5.41 Å². The van der Waals surface area contributed by atoms with Crippen LogP contribution in [0.25, 0.3) is 10.8 Å². The van der Waals surface area contributed by atoms with Gasteiger partial charge in [-0.2, -0.15) is 5.26 Å². The molecule has 0 aliphatic carbocycles. The summed E-state index contributed by atoms with van der Waals surface area (Å²) in [4.78, 5) is 6.00. The molecule has 0 unspecified atom stereocenters. The predicted octanol–water partition coefficient (Wildman–Crippen LogP) is 3.95. The minimum absolute atomic E-state index is 0.0270. The second kappa shape index (κ2) is 8.12. The first-order valence-corrected chi connectivity index (χ1v) is 10.3. The quantitative estimate of drug-likeness (QED) is 0.443. The molecule has 1 aromatic carbocycles. The highest BCUT2D eigenvalue weighted by Crippen LogP contribution is 2.31. The average Bonchev–Trinajstić information content (AvgIpc) is 2.67. The number of piperidine rings is 1. The third-order valence-electron chi connectivity index (χ3n) is 5.78. The number of nitriles is 1. The van der Waals surface area contributed by atoms with E-state index in [0.717, 1.165) is 12.8 Å². The number of amidine groups is 1. The zero-order valence-electron chi connectivity index (χ0n) is 18.7. The summed E-state index contributed by atoms with van der Waals surface area (Å²) in [5.41, 5.74) is 0.560. The van der Waals surface area contributed by atoms with Crippen molar-refractivity contribution in [3.05, 3.63) is 47.8 Å². The van der Waals surface area contributed by atoms with E-state index in [9.17, 15) is 10.4 Å². The second-order valence-electron chi connectivity index (χ2n) is 9.56. The summed E-state index contributed by atoms with van der Waals surface area (Å²) in [5, 5.41) is 41.5. The highest BCUT2D eigenvalue weighted by Gasteiger charge is 2.39. The monoisotopic (exact) mass is 418 g/mol. The number of aromatic nitrogens is 1. The van der Waals surface area contributed by atoms with Crippen LogP contribution in [0.3, 0.4) is 0 Å². The van der Waals surface area contributed by atoms with Gasteiger partial charge in [0.1, 0.15) is 23.3 Å². The van der Waals surface area contributed by atoms with Gasteiger partial charge < -0.3 is 20.7 Å². The van der Waals surface area contributed by atoms with E-state index >= 15 is 0 Å². The summed E-state index contributed by atoms with van der Waals surface area (Å²) >= 11 is 0. The number of aromatic hydroxyl groups is 1. The summed E-state index contributed by atoms with van der Waals surface area (Å²) in [7, 11) is 1.91. The van der Waals surface area contributed by atoms with Gasteiger partial charge in [0.15, 0.2) is 0 Å². The number of likely N-dealkylation sites (N-methyl/N-ethyl adjacent to an activating group) is 1. The summed E-state index contributed by atoms with van der Waals surface area (Å²) < 4.78 is 0. The molecule has 1 aliphatic heterocycles. The lowest BCUT2D eigenvalue weighted by Gasteiger charge is -2.49. The number of nitrogens with one attached hydrogen (secondary N) is 3. The Morgan fingerprint density at radius 3 is 2.48 bits per heavy atom. The van der Waals surface area contributed by atoms with Gasteiger partial charge in [-0.1, -0.05) is 0 Å². The van der Waals surface area contributed by atoms with Crippen LogP contribution in [0.5, 0.6) is 5.75 Å². The maximum atomic E-state index is 10.4. The van der Waals surface area contributed by atoms with E-state index in [-0.39, 0.29) is 34.3 Å². The minimum Gasteiger partial charge on any atom is -0.507 e. The van der Waals surface area contributed by atoms with Crippen LogP contribution in [0.1, 0.15) is 51.8 Å². The van der Waals surface area contributed by atoms with Crippen LogP contribution in [-0.2, 0) is 0 Å². The zero-order valence-corrected chi connectivity index (χ0v) is 18.7. The van der Waals surface area contributed by atoms with Crippen LogP contribution >= 0.6 is 0 Å². The molecule has 2 heterocycles. The molecule has 0 amide bonds. The number of hydrogen-bond acceptors (Lipinski definition) is 6. The van der Waals surface area contributed by atoms with Gasteiger partial charge in [0.25, 0.3) is 0 Å². The molecule has 31 heavy (non-hydrogen) atoms. The van der Waals surface area contributed by atoms with E-state index in [1.165, 1.54) is 18.3 Å². The molecule has 7 heteroatoms. The van der Waals surface area contributed by atoms with Crippen molar-refractivity contribution in [1.29, 1.82) is 16.1 Å². The topological polar surface area (TPSA) is 120 Å². The number of phenols is 1. The van der Waals surface area contributed by atoms with Crippen molar-refractivity contribution in [2.24, 2.45) is 0 Å². The molecular weight excluding hydrogens is 388 g/mol. The molecule has 1 saturated heterocycles. The first kappa shape index (κ1) is 22.4. The number of fused-ring (bicyclic) bond motifs is 1. The van der Waals surface area contributed by atoms with Crippen LogP contribution in [0, 0.1) is 22.1 Å². The third-order valence-corrected chi connectivity index (χ3v) is 5.78. The van der Waals surface area contributed by atoms with Gasteiger partial charge in [0.05, 0.1) is 5.71 Å². The highest BCUT2D eigenvalue weighted by atomic mass is 16.3. The van der Waals surface area contributed by atoms with Crippen molar-refractivity contribution in [2.45, 2.75) is 57.7 Å². The lowest BCUT2D eigenvalue weighted by Crippen LogP contribution is -2.62. The van der Waals surface area contributed by atoms with E-state index in [0.29, 0.717) is 22.2 Å². The van der Waals surface area contributed by atoms with Crippen molar-refractivity contribution >= 4 is 22.3 Å². The fourth-order valence-electron chi connectivity index (χ4n) is 4.62. The fourth-order valence-corrected chi connectivity index (χ4v) is 4.62. The first-order valence-electron chi connectivity index (χ1n) is 10.3. The van der Waals surface area contributed by atoms with Gasteiger partial charge in [0.2, 0.25) is 0 Å². The Labute approximate surface area is 183 Å². The number of hydrogen-bond donors (Lipinski definition) is 4. The van der Waals surface area contributed by atoms with Gasteiger partial charge in [-0.05, 0) is 76.3 Å². The van der Waals surface area contributed by atoms with Gasteiger partial charge >= 0.3 is 0 Å². The Kier molecular flexibility index (Phi) is 5.88. The molecule has 0 saturated carbocycles. The van der Waals surface area contributed by atoms with Crippen molar-refractivity contribution in [3.63, 3.8) is 0 Å². The average molecular weight is 419 g/mol. The normalized spacial score (nSPS) is 18.1. The van der Waals surface area contributed by atoms with Gasteiger partial charge in [0, 0.05) is 41.3 Å². The van der Waals surface area contributed by atoms with Crippen molar-refractivity contribution < 1.29 is 5.11 Å². The molecule has 0 bridgehead atoms. The standard InChI is InChI=1S/C24H30N6O/c1-23(2)12-16(13-24(3,4)29-23)30(5)22(27)7-6-19(26)18-11-17-15(10-21(18)31)8-9-28-20(17)14-25/h6-11,16,26-27,29,31H,12-13H2,1-5H3/b7-6-,26-19?,27-22?. The molecular formula is C24H30N6O. The molecule has 162 valence electrons. The molecule has 0 radical (unpaired) electrons. The number of pyridine rings is 1. The first-order chi connectivity index (χ1) is 14.4. The SMILES string of the molecule is CN(C(=N)/C=C\C(=N)c1cc2c(C#N)nccc2cc1O)C1CC(C)(C)NC(C)(C)C1.